The molecule has 0 unspecified atom stereocenters. The van der Waals surface area contributed by atoms with Crippen LogP contribution in [0.5, 0.6) is 0 Å². The number of carbonyl (C=O) groups excluding carboxylic acids is 1. The van der Waals surface area contributed by atoms with Gasteiger partial charge in [0.25, 0.3) is 0 Å². The zero-order chi connectivity index (χ0) is 14.8. The van der Waals surface area contributed by atoms with Gasteiger partial charge in [-0.05, 0) is 17.0 Å². The van der Waals surface area contributed by atoms with Crippen molar-refractivity contribution >= 4 is 23.6 Å². The fourth-order valence-electron chi connectivity index (χ4n) is 2.31. The highest BCUT2D eigenvalue weighted by molar-refractivity contribution is 6.31. The predicted molar refractivity (Wildman–Crippen MR) is 81.3 cm³/mol. The number of carbonyl (C=O) groups is 1. The molecule has 3 nitrogen and oxygen atoms in total. The van der Waals surface area contributed by atoms with Gasteiger partial charge in [-0.15, -0.1) is 0 Å². The molecule has 0 atom stereocenters. The van der Waals surface area contributed by atoms with Crippen molar-refractivity contribution in [1.29, 1.82) is 0 Å². The van der Waals surface area contributed by atoms with E-state index in [4.69, 9.17) is 11.6 Å². The molecule has 1 aliphatic rings. The van der Waals surface area contributed by atoms with Crippen molar-refractivity contribution in [3.63, 3.8) is 0 Å². The maximum atomic E-state index is 12.0. The van der Waals surface area contributed by atoms with Gasteiger partial charge < -0.3 is 5.11 Å². The third-order valence-corrected chi connectivity index (χ3v) is 3.71. The van der Waals surface area contributed by atoms with E-state index in [1.165, 1.54) is 6.21 Å². The second kappa shape index (κ2) is 5.80. The van der Waals surface area contributed by atoms with Crippen LogP contribution in [0.3, 0.4) is 0 Å². The Hall–Kier alpha value is -1.61. The molecule has 0 aromatic heterocycles. The smallest absolute Gasteiger partial charge is 0.168 e. The van der Waals surface area contributed by atoms with Gasteiger partial charge in [-0.2, -0.15) is 0 Å². The van der Waals surface area contributed by atoms with Gasteiger partial charge >= 0.3 is 0 Å². The van der Waals surface area contributed by atoms with Crippen LogP contribution in [0.1, 0.15) is 32.3 Å². The van der Waals surface area contributed by atoms with E-state index in [-0.39, 0.29) is 17.0 Å². The average molecular weight is 292 g/mol. The molecule has 0 saturated heterocycles. The summed E-state index contributed by atoms with van der Waals surface area (Å²) in [5.74, 6) is 0.0795. The first kappa shape index (κ1) is 14.8. The van der Waals surface area contributed by atoms with Crippen LogP contribution in [0.2, 0.25) is 5.02 Å². The molecule has 1 N–H and O–H groups in total. The third-order valence-electron chi connectivity index (χ3n) is 3.34. The molecule has 1 aliphatic carbocycles. The normalized spacial score (nSPS) is 18.9. The van der Waals surface area contributed by atoms with Gasteiger partial charge in [0.2, 0.25) is 0 Å². The zero-order valence-electron chi connectivity index (χ0n) is 11.7. The zero-order valence-corrected chi connectivity index (χ0v) is 12.4. The average Bonchev–Trinajstić information content (AvgIpc) is 2.33. The molecule has 1 aromatic carbocycles. The number of aliphatic hydroxyl groups is 1. The molecule has 0 fully saturated rings. The fraction of sp³-hybridized carbons (Fsp3) is 0.375. The Kier molecular flexibility index (Phi) is 4.29. The second-order valence-electron chi connectivity index (χ2n) is 5.86. The summed E-state index contributed by atoms with van der Waals surface area (Å²) >= 11 is 6.04. The van der Waals surface area contributed by atoms with Crippen LogP contribution >= 0.6 is 11.6 Å². The summed E-state index contributed by atoms with van der Waals surface area (Å²) < 4.78 is 0. The van der Waals surface area contributed by atoms with E-state index in [2.05, 4.69) is 4.99 Å². The van der Waals surface area contributed by atoms with Crippen molar-refractivity contribution in [3.8, 4) is 0 Å². The first-order valence-electron chi connectivity index (χ1n) is 6.57. The van der Waals surface area contributed by atoms with Crippen LogP contribution in [-0.4, -0.2) is 17.1 Å². The van der Waals surface area contributed by atoms with E-state index in [9.17, 15) is 9.90 Å². The number of Topliss-reactive ketones (excluding diaryl/α,β-unsaturated/α-hetero) is 1. The van der Waals surface area contributed by atoms with Crippen LogP contribution < -0.4 is 0 Å². The minimum Gasteiger partial charge on any atom is -0.511 e. The predicted octanol–water partition coefficient (Wildman–Crippen LogP) is 4.11. The fourth-order valence-corrected chi connectivity index (χ4v) is 2.51. The summed E-state index contributed by atoms with van der Waals surface area (Å²) in [5, 5.41) is 10.6. The first-order valence-corrected chi connectivity index (χ1v) is 6.95. The van der Waals surface area contributed by atoms with Gasteiger partial charge in [0.15, 0.2) is 5.78 Å². The number of rotatable bonds is 3. The number of benzene rings is 1. The van der Waals surface area contributed by atoms with Crippen LogP contribution in [0.4, 0.5) is 0 Å². The van der Waals surface area contributed by atoms with E-state index in [0.717, 1.165) is 5.56 Å². The molecule has 0 saturated carbocycles. The molecule has 0 heterocycles. The summed E-state index contributed by atoms with van der Waals surface area (Å²) in [4.78, 5) is 16.2. The molecule has 1 aromatic rings. The van der Waals surface area contributed by atoms with Crippen molar-refractivity contribution in [3.05, 3.63) is 46.2 Å². The van der Waals surface area contributed by atoms with Gasteiger partial charge in [-0.3, -0.25) is 9.79 Å². The van der Waals surface area contributed by atoms with Crippen molar-refractivity contribution in [2.45, 2.75) is 33.2 Å². The van der Waals surface area contributed by atoms with E-state index >= 15 is 0 Å². The summed E-state index contributed by atoms with van der Waals surface area (Å²) in [6, 6.07) is 7.44. The maximum Gasteiger partial charge on any atom is 0.168 e. The Morgan fingerprint density at radius 2 is 2.05 bits per heavy atom. The van der Waals surface area contributed by atoms with Gasteiger partial charge in [0.05, 0.1) is 12.1 Å². The number of allylic oxidation sites excluding steroid dienone is 2. The van der Waals surface area contributed by atoms with Crippen LogP contribution in [0.25, 0.3) is 0 Å². The number of ketones is 1. The SMILES string of the molecule is CC1(C)CC(=O)C(C=NCc2ccccc2Cl)=C(O)C1. The van der Waals surface area contributed by atoms with Gasteiger partial charge in [0.1, 0.15) is 5.76 Å². The first-order chi connectivity index (χ1) is 9.39. The summed E-state index contributed by atoms with van der Waals surface area (Å²) in [6.07, 6.45) is 2.41. The Balaban J connectivity index is 2.12. The monoisotopic (exact) mass is 291 g/mol. The van der Waals surface area contributed by atoms with E-state index in [1.54, 1.807) is 6.07 Å². The lowest BCUT2D eigenvalue weighted by atomic mass is 9.77. The Labute approximate surface area is 124 Å². The number of hydrogen-bond acceptors (Lipinski definition) is 3. The molecule has 0 radical (unpaired) electrons. The van der Waals surface area contributed by atoms with Crippen molar-refractivity contribution < 1.29 is 9.90 Å². The molecule has 0 amide bonds. The van der Waals surface area contributed by atoms with E-state index in [1.807, 2.05) is 32.0 Å². The topological polar surface area (TPSA) is 49.7 Å². The van der Waals surface area contributed by atoms with Crippen molar-refractivity contribution in [1.82, 2.24) is 0 Å². The number of aliphatic hydroxyl groups excluding tert-OH is 1. The molecule has 0 aliphatic heterocycles. The Morgan fingerprint density at radius 1 is 1.35 bits per heavy atom. The molecule has 0 spiro atoms. The van der Waals surface area contributed by atoms with Gasteiger partial charge in [0, 0.05) is 24.1 Å². The van der Waals surface area contributed by atoms with E-state index in [0.29, 0.717) is 30.0 Å². The summed E-state index contributed by atoms with van der Waals surface area (Å²) in [7, 11) is 0. The molecule has 106 valence electrons. The number of aliphatic imine (C=N–C) groups is 1. The van der Waals surface area contributed by atoms with Crippen LogP contribution in [0, 0.1) is 5.41 Å². The van der Waals surface area contributed by atoms with Gasteiger partial charge in [-0.25, -0.2) is 0 Å². The van der Waals surface area contributed by atoms with Gasteiger partial charge in [-0.1, -0.05) is 43.6 Å². The minimum atomic E-state index is -0.179. The summed E-state index contributed by atoms with van der Waals surface area (Å²) in [5.41, 5.74) is 1.05. The highest BCUT2D eigenvalue weighted by atomic mass is 35.5. The Morgan fingerprint density at radius 3 is 2.70 bits per heavy atom. The molecular formula is C16H18ClNO2. The number of halogens is 1. The molecule has 0 bridgehead atoms. The Bertz CT molecular complexity index is 588. The molecule has 4 heteroatoms. The molecule has 2 rings (SSSR count). The summed E-state index contributed by atoms with van der Waals surface area (Å²) in [6.45, 7) is 4.34. The molecular weight excluding hydrogens is 274 g/mol. The lowest BCUT2D eigenvalue weighted by Crippen LogP contribution is -2.26. The number of hydrogen-bond donors (Lipinski definition) is 1. The maximum absolute atomic E-state index is 12.0. The lowest BCUT2D eigenvalue weighted by molar-refractivity contribution is -0.117. The minimum absolute atomic E-state index is 0.0540. The molecule has 20 heavy (non-hydrogen) atoms. The second-order valence-corrected chi connectivity index (χ2v) is 6.27. The van der Waals surface area contributed by atoms with E-state index < -0.39 is 0 Å². The quantitative estimate of drug-likeness (QED) is 0.852. The number of nitrogens with zero attached hydrogens (tertiary/aromatic N) is 1. The van der Waals surface area contributed by atoms with Crippen molar-refractivity contribution in [2.75, 3.05) is 0 Å². The standard InChI is InChI=1S/C16H18ClNO2/c1-16(2)7-14(19)12(15(20)8-16)10-18-9-11-5-3-4-6-13(11)17/h3-6,10,19H,7-9H2,1-2H3. The largest absolute Gasteiger partial charge is 0.511 e. The third kappa shape index (κ3) is 3.48. The lowest BCUT2D eigenvalue weighted by Gasteiger charge is -2.28. The highest BCUT2D eigenvalue weighted by Gasteiger charge is 2.32. The van der Waals surface area contributed by atoms with Crippen LogP contribution in [-0.2, 0) is 11.3 Å². The highest BCUT2D eigenvalue weighted by Crippen LogP contribution is 2.35. The van der Waals surface area contributed by atoms with Crippen molar-refractivity contribution in [2.24, 2.45) is 10.4 Å². The van der Waals surface area contributed by atoms with Crippen LogP contribution in [0.15, 0.2) is 40.6 Å².